The Morgan fingerprint density at radius 1 is 1.04 bits per heavy atom. The second kappa shape index (κ2) is 7.04. The molecule has 1 amide bonds. The van der Waals surface area contributed by atoms with Crippen molar-refractivity contribution in [3.8, 4) is 5.75 Å². The fourth-order valence-electron chi connectivity index (χ4n) is 3.25. The maximum absolute atomic E-state index is 12.4. The predicted octanol–water partition coefficient (Wildman–Crippen LogP) is 2.59. The van der Waals surface area contributed by atoms with Gasteiger partial charge < -0.3 is 14.4 Å². The number of esters is 1. The van der Waals surface area contributed by atoms with Crippen LogP contribution in [0.15, 0.2) is 54.1 Å². The van der Waals surface area contributed by atoms with Crippen LogP contribution in [0.2, 0.25) is 0 Å². The zero-order valence-corrected chi connectivity index (χ0v) is 14.3. The van der Waals surface area contributed by atoms with Crippen LogP contribution in [0.1, 0.15) is 16.7 Å². The van der Waals surface area contributed by atoms with Crippen molar-refractivity contribution in [2.45, 2.75) is 13.0 Å². The quantitative estimate of drug-likeness (QED) is 0.800. The summed E-state index contributed by atoms with van der Waals surface area (Å²) >= 11 is 0. The number of fused-ring (bicyclic) bond motifs is 2. The molecule has 2 aromatic rings. The third-order valence-corrected chi connectivity index (χ3v) is 4.70. The lowest BCUT2D eigenvalue weighted by atomic mass is 10.00. The number of hydrogen-bond donors (Lipinski definition) is 0. The summed E-state index contributed by atoms with van der Waals surface area (Å²) in [5.41, 5.74) is 3.68. The Balaban J connectivity index is 1.35. The summed E-state index contributed by atoms with van der Waals surface area (Å²) in [4.78, 5) is 26.4. The summed E-state index contributed by atoms with van der Waals surface area (Å²) in [6.45, 7) is 1.11. The van der Waals surface area contributed by atoms with E-state index in [1.54, 1.807) is 11.0 Å². The Labute approximate surface area is 151 Å². The van der Waals surface area contributed by atoms with Gasteiger partial charge in [-0.1, -0.05) is 42.5 Å². The second-order valence-corrected chi connectivity index (χ2v) is 6.41. The van der Waals surface area contributed by atoms with E-state index in [1.807, 2.05) is 42.5 Å². The molecule has 0 bridgehead atoms. The highest BCUT2D eigenvalue weighted by molar-refractivity contribution is 5.96. The highest BCUT2D eigenvalue weighted by atomic mass is 16.5. The number of nitrogens with zero attached hydrogens (tertiary/aromatic N) is 1. The molecule has 26 heavy (non-hydrogen) atoms. The van der Waals surface area contributed by atoms with Gasteiger partial charge in [-0.15, -0.1) is 0 Å². The molecule has 2 aromatic carbocycles. The minimum atomic E-state index is -0.509. The first-order valence-corrected chi connectivity index (χ1v) is 8.65. The first kappa shape index (κ1) is 16.4. The van der Waals surface area contributed by atoms with Gasteiger partial charge in [0.15, 0.2) is 6.61 Å². The summed E-state index contributed by atoms with van der Waals surface area (Å²) in [7, 11) is 0. The molecule has 132 valence electrons. The Hall–Kier alpha value is -3.08. The van der Waals surface area contributed by atoms with Crippen molar-refractivity contribution < 1.29 is 19.1 Å². The molecule has 5 nitrogen and oxygen atoms in total. The van der Waals surface area contributed by atoms with Crippen LogP contribution in [0.4, 0.5) is 0 Å². The van der Waals surface area contributed by atoms with Crippen molar-refractivity contribution in [2.75, 3.05) is 19.8 Å². The van der Waals surface area contributed by atoms with Gasteiger partial charge >= 0.3 is 5.97 Å². The van der Waals surface area contributed by atoms with Crippen molar-refractivity contribution in [3.63, 3.8) is 0 Å². The molecule has 5 heteroatoms. The monoisotopic (exact) mass is 349 g/mol. The average Bonchev–Trinajstić information content (AvgIpc) is 2.71. The first-order chi connectivity index (χ1) is 12.7. The minimum absolute atomic E-state index is 0.154. The van der Waals surface area contributed by atoms with E-state index in [9.17, 15) is 9.59 Å². The number of hydrogen-bond acceptors (Lipinski definition) is 4. The van der Waals surface area contributed by atoms with Crippen LogP contribution in [-0.4, -0.2) is 36.5 Å². The summed E-state index contributed by atoms with van der Waals surface area (Å²) in [6.07, 6.45) is 2.58. The van der Waals surface area contributed by atoms with Crippen LogP contribution >= 0.6 is 0 Å². The molecule has 0 atom stereocenters. The van der Waals surface area contributed by atoms with Crippen LogP contribution < -0.4 is 4.74 Å². The Kier molecular flexibility index (Phi) is 4.44. The molecule has 0 saturated carbocycles. The molecule has 0 N–H and O–H groups in total. The van der Waals surface area contributed by atoms with Crippen molar-refractivity contribution in [2.24, 2.45) is 0 Å². The fraction of sp³-hybridized carbons (Fsp3) is 0.238. The summed E-state index contributed by atoms with van der Waals surface area (Å²) < 4.78 is 10.8. The van der Waals surface area contributed by atoms with E-state index >= 15 is 0 Å². The Morgan fingerprint density at radius 3 is 2.69 bits per heavy atom. The number of rotatable bonds is 3. The molecule has 0 aliphatic carbocycles. The van der Waals surface area contributed by atoms with E-state index in [-0.39, 0.29) is 19.1 Å². The lowest BCUT2D eigenvalue weighted by molar-refractivity contribution is -0.149. The maximum Gasteiger partial charge on any atom is 0.338 e. The van der Waals surface area contributed by atoms with E-state index in [4.69, 9.17) is 9.47 Å². The summed E-state index contributed by atoms with van der Waals surface area (Å²) in [5, 5.41) is 0. The van der Waals surface area contributed by atoms with Crippen LogP contribution in [0.5, 0.6) is 5.75 Å². The number of amides is 1. The molecular formula is C21H19NO4. The summed E-state index contributed by atoms with van der Waals surface area (Å²) in [6, 6.07) is 15.6. The van der Waals surface area contributed by atoms with Crippen molar-refractivity contribution in [1.29, 1.82) is 0 Å². The standard InChI is InChI=1S/C21H19NO4/c23-20(22-10-9-15-5-1-2-7-17(15)12-22)14-26-21(24)18-11-16-6-3-4-8-19(16)25-13-18/h1-8,11H,9-10,12-14H2. The topological polar surface area (TPSA) is 55.8 Å². The first-order valence-electron chi connectivity index (χ1n) is 8.65. The number of para-hydroxylation sites is 1. The van der Waals surface area contributed by atoms with Crippen LogP contribution in [0.3, 0.4) is 0 Å². The van der Waals surface area contributed by atoms with Gasteiger partial charge in [0.25, 0.3) is 5.91 Å². The highest BCUT2D eigenvalue weighted by Crippen LogP contribution is 2.26. The van der Waals surface area contributed by atoms with E-state index < -0.39 is 5.97 Å². The third kappa shape index (κ3) is 3.33. The smallest absolute Gasteiger partial charge is 0.338 e. The van der Waals surface area contributed by atoms with Gasteiger partial charge in [0.1, 0.15) is 12.4 Å². The minimum Gasteiger partial charge on any atom is -0.488 e. The van der Waals surface area contributed by atoms with Crippen LogP contribution in [0.25, 0.3) is 6.08 Å². The summed E-state index contributed by atoms with van der Waals surface area (Å²) in [5.74, 6) is 0.0583. The van der Waals surface area contributed by atoms with Crippen LogP contribution in [0, 0.1) is 0 Å². The molecule has 0 unspecified atom stereocenters. The molecule has 4 rings (SSSR count). The molecule has 2 aliphatic heterocycles. The van der Waals surface area contributed by atoms with E-state index in [1.165, 1.54) is 5.56 Å². The van der Waals surface area contributed by atoms with Crippen molar-refractivity contribution in [1.82, 2.24) is 4.90 Å². The molecule has 0 fully saturated rings. The number of benzene rings is 2. The van der Waals surface area contributed by atoms with Gasteiger partial charge in [-0.3, -0.25) is 4.79 Å². The number of ether oxygens (including phenoxy) is 2. The normalized spacial score (nSPS) is 15.2. The second-order valence-electron chi connectivity index (χ2n) is 6.41. The number of carbonyl (C=O) groups is 2. The van der Waals surface area contributed by atoms with Gasteiger partial charge in [-0.2, -0.15) is 0 Å². The molecule has 0 radical (unpaired) electrons. The zero-order valence-electron chi connectivity index (χ0n) is 14.3. The zero-order chi connectivity index (χ0) is 17.9. The lowest BCUT2D eigenvalue weighted by Gasteiger charge is -2.28. The van der Waals surface area contributed by atoms with Gasteiger partial charge in [-0.05, 0) is 29.7 Å². The van der Waals surface area contributed by atoms with Gasteiger partial charge in [0, 0.05) is 18.7 Å². The maximum atomic E-state index is 12.4. The fourth-order valence-corrected chi connectivity index (χ4v) is 3.25. The molecular weight excluding hydrogens is 330 g/mol. The third-order valence-electron chi connectivity index (χ3n) is 4.70. The molecule has 0 aromatic heterocycles. The number of carbonyl (C=O) groups excluding carboxylic acids is 2. The van der Waals surface area contributed by atoms with Gasteiger partial charge in [-0.25, -0.2) is 4.79 Å². The van der Waals surface area contributed by atoms with Gasteiger partial charge in [0.05, 0.1) is 5.57 Å². The Morgan fingerprint density at radius 2 is 1.81 bits per heavy atom. The van der Waals surface area contributed by atoms with Gasteiger partial charge in [0.2, 0.25) is 0 Å². The molecule has 2 aliphatic rings. The molecule has 2 heterocycles. The average molecular weight is 349 g/mol. The molecule has 0 spiro atoms. The molecule has 0 saturated heterocycles. The van der Waals surface area contributed by atoms with E-state index in [2.05, 4.69) is 6.07 Å². The van der Waals surface area contributed by atoms with Crippen molar-refractivity contribution >= 4 is 18.0 Å². The Bertz CT molecular complexity index is 887. The largest absolute Gasteiger partial charge is 0.488 e. The van der Waals surface area contributed by atoms with Crippen molar-refractivity contribution in [3.05, 3.63) is 70.8 Å². The van der Waals surface area contributed by atoms with E-state index in [0.717, 1.165) is 23.3 Å². The highest BCUT2D eigenvalue weighted by Gasteiger charge is 2.23. The van der Waals surface area contributed by atoms with E-state index in [0.29, 0.717) is 18.7 Å². The predicted molar refractivity (Wildman–Crippen MR) is 96.4 cm³/mol. The lowest BCUT2D eigenvalue weighted by Crippen LogP contribution is -2.38. The SMILES string of the molecule is O=C(OCC(=O)N1CCc2ccccc2C1)C1=Cc2ccccc2OC1. The van der Waals surface area contributed by atoms with Crippen LogP contribution in [-0.2, 0) is 27.3 Å².